The smallest absolute Gasteiger partial charge is 0.344 e. The van der Waals surface area contributed by atoms with Gasteiger partial charge < -0.3 is 4.42 Å². The summed E-state index contributed by atoms with van der Waals surface area (Å²) in [6.07, 6.45) is 0. The third-order valence-corrected chi connectivity index (χ3v) is 5.95. The van der Waals surface area contributed by atoms with Gasteiger partial charge in [0.1, 0.15) is 11.6 Å². The van der Waals surface area contributed by atoms with Crippen molar-refractivity contribution in [1.29, 1.82) is 0 Å². The molecule has 1 aliphatic rings. The molecular weight excluding hydrogens is 392 g/mol. The highest BCUT2D eigenvalue weighted by atomic mass is 16.4. The molecule has 3 heterocycles. The highest BCUT2D eigenvalue weighted by Gasteiger charge is 2.37. The lowest BCUT2D eigenvalue weighted by Gasteiger charge is -2.16. The van der Waals surface area contributed by atoms with Gasteiger partial charge in [0.05, 0.1) is 22.0 Å². The van der Waals surface area contributed by atoms with E-state index in [0.717, 1.165) is 11.1 Å². The number of aromatic nitrogens is 2. The van der Waals surface area contributed by atoms with E-state index in [1.807, 2.05) is 37.3 Å². The molecule has 0 fully saturated rings. The van der Waals surface area contributed by atoms with Crippen LogP contribution in [-0.2, 0) is 0 Å². The van der Waals surface area contributed by atoms with Crippen molar-refractivity contribution in [3.63, 3.8) is 0 Å². The van der Waals surface area contributed by atoms with Gasteiger partial charge >= 0.3 is 5.63 Å². The molecule has 5 aromatic rings. The van der Waals surface area contributed by atoms with Crippen LogP contribution >= 0.6 is 0 Å². The number of para-hydroxylation sites is 1. The van der Waals surface area contributed by atoms with Gasteiger partial charge in [-0.1, -0.05) is 54.1 Å². The van der Waals surface area contributed by atoms with Crippen molar-refractivity contribution in [2.75, 3.05) is 0 Å². The number of aryl methyl sites for hydroxylation is 1. The number of benzene rings is 3. The molecular formula is C25H16N2O4. The summed E-state index contributed by atoms with van der Waals surface area (Å²) in [5.41, 5.74) is 1.62. The van der Waals surface area contributed by atoms with Crippen LogP contribution in [0.1, 0.15) is 22.7 Å². The average molecular weight is 408 g/mol. The molecule has 1 unspecified atom stereocenters. The Morgan fingerprint density at radius 3 is 2.06 bits per heavy atom. The van der Waals surface area contributed by atoms with E-state index in [9.17, 15) is 14.4 Å². The van der Waals surface area contributed by atoms with E-state index in [1.165, 1.54) is 9.36 Å². The van der Waals surface area contributed by atoms with Crippen molar-refractivity contribution in [1.82, 2.24) is 9.36 Å². The maximum atomic E-state index is 13.6. The Morgan fingerprint density at radius 1 is 0.742 bits per heavy atom. The molecule has 3 aromatic carbocycles. The third kappa shape index (κ3) is 2.30. The van der Waals surface area contributed by atoms with Crippen molar-refractivity contribution in [2.24, 2.45) is 0 Å². The Kier molecular flexibility index (Phi) is 3.50. The number of fused-ring (bicyclic) bond motifs is 6. The summed E-state index contributed by atoms with van der Waals surface area (Å²) in [5.74, 6) is 0. The summed E-state index contributed by atoms with van der Waals surface area (Å²) in [6.45, 7) is 1.96. The predicted molar refractivity (Wildman–Crippen MR) is 118 cm³/mol. The minimum atomic E-state index is -0.763. The van der Waals surface area contributed by atoms with Crippen molar-refractivity contribution in [2.45, 2.75) is 13.0 Å². The molecule has 0 aliphatic carbocycles. The van der Waals surface area contributed by atoms with Crippen LogP contribution in [0.4, 0.5) is 0 Å². The van der Waals surface area contributed by atoms with Gasteiger partial charge in [0.2, 0.25) is 0 Å². The third-order valence-electron chi connectivity index (χ3n) is 5.95. The van der Waals surface area contributed by atoms with Crippen molar-refractivity contribution in [3.05, 3.63) is 121 Å². The number of hydrogen-bond donors (Lipinski definition) is 0. The fourth-order valence-corrected chi connectivity index (χ4v) is 4.52. The zero-order valence-corrected chi connectivity index (χ0v) is 16.5. The van der Waals surface area contributed by atoms with E-state index in [2.05, 4.69) is 0 Å². The molecule has 2 aromatic heterocycles. The second-order valence-corrected chi connectivity index (χ2v) is 7.77. The van der Waals surface area contributed by atoms with E-state index >= 15 is 0 Å². The topological polar surface area (TPSA) is 74.2 Å². The maximum Gasteiger partial charge on any atom is 0.344 e. The minimum absolute atomic E-state index is 0.289. The monoisotopic (exact) mass is 408 g/mol. The summed E-state index contributed by atoms with van der Waals surface area (Å²) in [5, 5.41) is 1.25. The second-order valence-electron chi connectivity index (χ2n) is 7.77. The van der Waals surface area contributed by atoms with Gasteiger partial charge in [0.15, 0.2) is 0 Å². The molecule has 6 heteroatoms. The molecule has 0 saturated carbocycles. The molecule has 6 rings (SSSR count). The molecule has 1 aliphatic heterocycles. The van der Waals surface area contributed by atoms with Gasteiger partial charge in [-0.15, -0.1) is 0 Å². The molecule has 0 radical (unpaired) electrons. The van der Waals surface area contributed by atoms with Crippen LogP contribution in [0.2, 0.25) is 0 Å². The first kappa shape index (κ1) is 17.7. The highest BCUT2D eigenvalue weighted by Crippen LogP contribution is 2.37. The first-order chi connectivity index (χ1) is 15.1. The fraction of sp³-hybridized carbons (Fsp3) is 0.0800. The van der Waals surface area contributed by atoms with Crippen LogP contribution in [0.15, 0.2) is 91.6 Å². The lowest BCUT2D eigenvalue weighted by atomic mass is 9.98. The quantitative estimate of drug-likeness (QED) is 0.390. The van der Waals surface area contributed by atoms with Gasteiger partial charge in [0.25, 0.3) is 11.1 Å². The Bertz CT molecular complexity index is 1710. The standard InChI is InChI=1S/C25H16N2O4/c1-14-10-12-15(13-11-14)21-20-22(18-8-4-5-9-19(18)31-25(20)30)27-24(29)17-7-3-2-6-16(17)23(28)26(21)27/h2-13,21H,1H3. The molecule has 1 atom stereocenters. The van der Waals surface area contributed by atoms with E-state index in [4.69, 9.17) is 4.42 Å². The van der Waals surface area contributed by atoms with Crippen LogP contribution in [0, 0.1) is 6.92 Å². The Balaban J connectivity index is 1.88. The van der Waals surface area contributed by atoms with Crippen LogP contribution in [0.5, 0.6) is 0 Å². The van der Waals surface area contributed by atoms with E-state index < -0.39 is 11.7 Å². The first-order valence-corrected chi connectivity index (χ1v) is 9.95. The summed E-state index contributed by atoms with van der Waals surface area (Å²) in [4.78, 5) is 40.4. The number of nitrogens with zero attached hydrogens (tertiary/aromatic N) is 2. The molecule has 0 saturated heterocycles. The predicted octanol–water partition coefficient (Wildman–Crippen LogP) is 3.52. The van der Waals surface area contributed by atoms with Gasteiger partial charge in [-0.25, -0.2) is 14.2 Å². The summed E-state index contributed by atoms with van der Waals surface area (Å²) in [7, 11) is 0. The summed E-state index contributed by atoms with van der Waals surface area (Å²) < 4.78 is 8.35. The minimum Gasteiger partial charge on any atom is -0.422 e. The fourth-order valence-electron chi connectivity index (χ4n) is 4.52. The summed E-state index contributed by atoms with van der Waals surface area (Å²) in [6, 6.07) is 20.6. The van der Waals surface area contributed by atoms with Gasteiger partial charge in [-0.05, 0) is 36.8 Å². The normalized spacial score (nSPS) is 14.7. The largest absolute Gasteiger partial charge is 0.422 e. The van der Waals surface area contributed by atoms with E-state index in [0.29, 0.717) is 27.4 Å². The first-order valence-electron chi connectivity index (χ1n) is 9.95. The Morgan fingerprint density at radius 2 is 1.35 bits per heavy atom. The Labute approximate surface area is 175 Å². The van der Waals surface area contributed by atoms with Crippen molar-refractivity contribution < 1.29 is 4.42 Å². The van der Waals surface area contributed by atoms with Crippen molar-refractivity contribution in [3.8, 4) is 5.69 Å². The zero-order valence-electron chi connectivity index (χ0n) is 16.5. The molecule has 6 nitrogen and oxygen atoms in total. The maximum absolute atomic E-state index is 13.6. The SMILES string of the molecule is Cc1ccc(C2c3c(c4ccccc4oc3=O)-n3c(=O)c4ccccc4c(=O)n32)cc1. The molecule has 31 heavy (non-hydrogen) atoms. The van der Waals surface area contributed by atoms with Crippen LogP contribution < -0.4 is 16.7 Å². The Hall–Kier alpha value is -4.19. The molecule has 150 valence electrons. The van der Waals surface area contributed by atoms with Gasteiger partial charge in [-0.2, -0.15) is 0 Å². The molecule has 0 bridgehead atoms. The lowest BCUT2D eigenvalue weighted by molar-refractivity contribution is 0.518. The zero-order chi connectivity index (χ0) is 21.3. The number of hydrogen-bond acceptors (Lipinski definition) is 4. The second kappa shape index (κ2) is 6.15. The molecule has 0 N–H and O–H groups in total. The van der Waals surface area contributed by atoms with Crippen LogP contribution in [0.25, 0.3) is 27.4 Å². The van der Waals surface area contributed by atoms with Crippen molar-refractivity contribution >= 4 is 21.7 Å². The average Bonchev–Trinajstić information content (AvgIpc) is 3.16. The van der Waals surface area contributed by atoms with Crippen LogP contribution in [-0.4, -0.2) is 9.36 Å². The number of rotatable bonds is 1. The molecule has 0 amide bonds. The molecule has 0 spiro atoms. The van der Waals surface area contributed by atoms with E-state index in [-0.39, 0.29) is 16.7 Å². The lowest BCUT2D eigenvalue weighted by Crippen LogP contribution is -2.36. The van der Waals surface area contributed by atoms with E-state index in [1.54, 1.807) is 42.5 Å². The highest BCUT2D eigenvalue weighted by molar-refractivity contribution is 5.89. The van der Waals surface area contributed by atoms with Crippen LogP contribution in [0.3, 0.4) is 0 Å². The summed E-state index contributed by atoms with van der Waals surface area (Å²) >= 11 is 0. The van der Waals surface area contributed by atoms with Gasteiger partial charge in [-0.3, -0.25) is 9.59 Å². The van der Waals surface area contributed by atoms with Gasteiger partial charge in [0, 0.05) is 5.39 Å².